The minimum atomic E-state index is -3.94. The van der Waals surface area contributed by atoms with Gasteiger partial charge < -0.3 is 4.98 Å². The Morgan fingerprint density at radius 1 is 1.09 bits per heavy atom. The van der Waals surface area contributed by atoms with Crippen molar-refractivity contribution in [1.29, 1.82) is 0 Å². The molecule has 3 N–H and O–H groups in total. The van der Waals surface area contributed by atoms with Crippen LogP contribution < -0.4 is 10.1 Å². The van der Waals surface area contributed by atoms with E-state index >= 15 is 0 Å². The molecule has 33 heavy (non-hydrogen) atoms. The van der Waals surface area contributed by atoms with Gasteiger partial charge in [0.25, 0.3) is 15.9 Å². The SMILES string of the molecule is CCc1cccc2c(/C=N/NC(=O)c3cccc(S(=O)(=O)Nc4ccccc4Cl)c3)c[nH]c12. The van der Waals surface area contributed by atoms with Gasteiger partial charge in [0.1, 0.15) is 0 Å². The van der Waals surface area contributed by atoms with Gasteiger partial charge in [0.15, 0.2) is 0 Å². The first-order valence-electron chi connectivity index (χ1n) is 10.2. The molecule has 0 spiro atoms. The third kappa shape index (κ3) is 4.92. The average molecular weight is 481 g/mol. The average Bonchev–Trinajstić information content (AvgIpc) is 3.24. The third-order valence-electron chi connectivity index (χ3n) is 5.11. The summed E-state index contributed by atoms with van der Waals surface area (Å²) in [5.41, 5.74) is 5.92. The lowest BCUT2D eigenvalue weighted by molar-refractivity contribution is 0.0955. The van der Waals surface area contributed by atoms with Crippen molar-refractivity contribution < 1.29 is 13.2 Å². The van der Waals surface area contributed by atoms with Crippen LogP contribution in [-0.2, 0) is 16.4 Å². The van der Waals surface area contributed by atoms with E-state index < -0.39 is 15.9 Å². The predicted octanol–water partition coefficient (Wildman–Crippen LogP) is 4.95. The van der Waals surface area contributed by atoms with Gasteiger partial charge >= 0.3 is 0 Å². The molecular weight excluding hydrogens is 460 g/mol. The molecule has 0 unspecified atom stereocenters. The van der Waals surface area contributed by atoms with Crippen molar-refractivity contribution in [3.05, 3.63) is 94.6 Å². The highest BCUT2D eigenvalue weighted by atomic mass is 35.5. The maximum absolute atomic E-state index is 12.7. The summed E-state index contributed by atoms with van der Waals surface area (Å²) in [6.45, 7) is 2.09. The van der Waals surface area contributed by atoms with Crippen molar-refractivity contribution in [3.8, 4) is 0 Å². The summed E-state index contributed by atoms with van der Waals surface area (Å²) in [5.74, 6) is -0.532. The maximum atomic E-state index is 12.7. The molecule has 0 fully saturated rings. The third-order valence-corrected chi connectivity index (χ3v) is 6.80. The lowest BCUT2D eigenvalue weighted by Gasteiger charge is -2.10. The number of nitrogens with one attached hydrogen (secondary N) is 3. The maximum Gasteiger partial charge on any atom is 0.271 e. The number of hydrazone groups is 1. The van der Waals surface area contributed by atoms with Gasteiger partial charge in [-0.15, -0.1) is 0 Å². The first kappa shape index (κ1) is 22.6. The molecule has 0 aliphatic heterocycles. The number of halogens is 1. The number of H-pyrrole nitrogens is 1. The molecule has 0 aliphatic carbocycles. The normalized spacial score (nSPS) is 11.7. The van der Waals surface area contributed by atoms with Crippen LogP contribution in [-0.4, -0.2) is 25.5 Å². The lowest BCUT2D eigenvalue weighted by atomic mass is 10.1. The van der Waals surface area contributed by atoms with Crippen LogP contribution in [0.2, 0.25) is 5.02 Å². The van der Waals surface area contributed by atoms with Gasteiger partial charge in [-0.3, -0.25) is 9.52 Å². The van der Waals surface area contributed by atoms with E-state index in [0.717, 1.165) is 22.9 Å². The molecule has 4 rings (SSSR count). The van der Waals surface area contributed by atoms with Crippen molar-refractivity contribution in [2.45, 2.75) is 18.2 Å². The zero-order chi connectivity index (χ0) is 23.4. The number of anilines is 1. The monoisotopic (exact) mass is 480 g/mol. The second-order valence-corrected chi connectivity index (χ2v) is 9.34. The number of hydrogen-bond donors (Lipinski definition) is 3. The van der Waals surface area contributed by atoms with Gasteiger partial charge in [0, 0.05) is 28.2 Å². The molecule has 1 aromatic heterocycles. The van der Waals surface area contributed by atoms with Gasteiger partial charge in [-0.2, -0.15) is 5.10 Å². The molecule has 0 bridgehead atoms. The summed E-state index contributed by atoms with van der Waals surface area (Å²) in [7, 11) is -3.94. The topological polar surface area (TPSA) is 103 Å². The number of benzene rings is 3. The van der Waals surface area contributed by atoms with E-state index in [1.807, 2.05) is 18.3 Å². The summed E-state index contributed by atoms with van der Waals surface area (Å²) in [6, 6.07) is 18.2. The summed E-state index contributed by atoms with van der Waals surface area (Å²) >= 11 is 6.04. The number of aryl methyl sites for hydroxylation is 1. The summed E-state index contributed by atoms with van der Waals surface area (Å²) in [4.78, 5) is 15.7. The van der Waals surface area contributed by atoms with Crippen LogP contribution >= 0.6 is 11.6 Å². The number of rotatable bonds is 7. The van der Waals surface area contributed by atoms with Crippen LogP contribution in [0, 0.1) is 0 Å². The Bertz CT molecular complexity index is 1460. The molecule has 0 radical (unpaired) electrons. The smallest absolute Gasteiger partial charge is 0.271 e. The highest BCUT2D eigenvalue weighted by molar-refractivity contribution is 7.92. The molecule has 0 aliphatic rings. The van der Waals surface area contributed by atoms with Gasteiger partial charge in [-0.1, -0.05) is 54.9 Å². The molecule has 4 aromatic rings. The second kappa shape index (κ2) is 9.48. The van der Waals surface area contributed by atoms with Crippen molar-refractivity contribution in [2.75, 3.05) is 4.72 Å². The first-order chi connectivity index (χ1) is 15.9. The molecule has 1 amide bonds. The minimum Gasteiger partial charge on any atom is -0.360 e. The quantitative estimate of drug-likeness (QED) is 0.257. The van der Waals surface area contributed by atoms with Crippen LogP contribution in [0.5, 0.6) is 0 Å². The molecule has 9 heteroatoms. The number of carbonyl (C=O) groups is 1. The van der Waals surface area contributed by atoms with Gasteiger partial charge in [0.2, 0.25) is 0 Å². The zero-order valence-corrected chi connectivity index (χ0v) is 19.2. The molecule has 3 aromatic carbocycles. The number of aromatic amines is 1. The van der Waals surface area contributed by atoms with E-state index in [-0.39, 0.29) is 21.2 Å². The van der Waals surface area contributed by atoms with Crippen LogP contribution in [0.15, 0.2) is 82.9 Å². The van der Waals surface area contributed by atoms with Crippen LogP contribution in [0.25, 0.3) is 10.9 Å². The molecular formula is C24H21ClN4O3S. The Morgan fingerprint density at radius 2 is 1.88 bits per heavy atom. The van der Waals surface area contributed by atoms with Crippen molar-refractivity contribution in [3.63, 3.8) is 0 Å². The standard InChI is InChI=1S/C24H21ClN4O3S/c1-2-16-7-6-10-20-18(14-26-23(16)20)15-27-28-24(30)17-8-5-9-19(13-17)33(31,32)29-22-12-4-3-11-21(22)25/h3-15,26,29H,2H2,1H3,(H,28,30)/b27-15+. The number of aromatic nitrogens is 1. The van der Waals surface area contributed by atoms with E-state index in [1.54, 1.807) is 30.5 Å². The largest absolute Gasteiger partial charge is 0.360 e. The fraction of sp³-hybridized carbons (Fsp3) is 0.0833. The Morgan fingerprint density at radius 3 is 2.67 bits per heavy atom. The number of amides is 1. The van der Waals surface area contributed by atoms with Crippen LogP contribution in [0.3, 0.4) is 0 Å². The highest BCUT2D eigenvalue weighted by Crippen LogP contribution is 2.24. The van der Waals surface area contributed by atoms with Gasteiger partial charge in [-0.05, 0) is 42.3 Å². The van der Waals surface area contributed by atoms with E-state index in [2.05, 4.69) is 33.2 Å². The predicted molar refractivity (Wildman–Crippen MR) is 131 cm³/mol. The van der Waals surface area contributed by atoms with E-state index in [4.69, 9.17) is 11.6 Å². The number of sulfonamides is 1. The summed E-state index contributed by atoms with van der Waals surface area (Å²) < 4.78 is 27.9. The molecule has 1 heterocycles. The number of carbonyl (C=O) groups excluding carboxylic acids is 1. The Balaban J connectivity index is 1.50. The number of hydrogen-bond acceptors (Lipinski definition) is 4. The highest BCUT2D eigenvalue weighted by Gasteiger charge is 2.17. The minimum absolute atomic E-state index is 0.0669. The molecule has 0 saturated heterocycles. The van der Waals surface area contributed by atoms with Gasteiger partial charge in [0.05, 0.1) is 21.8 Å². The number of fused-ring (bicyclic) bond motifs is 1. The molecule has 0 saturated carbocycles. The fourth-order valence-electron chi connectivity index (χ4n) is 3.42. The number of nitrogens with zero attached hydrogens (tertiary/aromatic N) is 1. The van der Waals surface area contributed by atoms with Crippen LogP contribution in [0.1, 0.15) is 28.4 Å². The molecule has 7 nitrogen and oxygen atoms in total. The Kier molecular flexibility index (Phi) is 6.48. The van der Waals surface area contributed by atoms with E-state index in [9.17, 15) is 13.2 Å². The first-order valence-corrected chi connectivity index (χ1v) is 12.0. The molecule has 168 valence electrons. The van der Waals surface area contributed by atoms with Crippen molar-refractivity contribution in [1.82, 2.24) is 10.4 Å². The lowest BCUT2D eigenvalue weighted by Crippen LogP contribution is -2.19. The van der Waals surface area contributed by atoms with Gasteiger partial charge in [-0.25, -0.2) is 13.8 Å². The Labute approximate surface area is 196 Å². The summed E-state index contributed by atoms with van der Waals surface area (Å²) in [6.07, 6.45) is 4.28. The van der Waals surface area contributed by atoms with Crippen molar-refractivity contribution >= 4 is 50.3 Å². The molecule has 0 atom stereocenters. The van der Waals surface area contributed by atoms with Crippen LogP contribution in [0.4, 0.5) is 5.69 Å². The zero-order valence-electron chi connectivity index (χ0n) is 17.7. The van der Waals surface area contributed by atoms with Crippen molar-refractivity contribution in [2.24, 2.45) is 5.10 Å². The second-order valence-electron chi connectivity index (χ2n) is 7.25. The summed E-state index contributed by atoms with van der Waals surface area (Å²) in [5, 5.41) is 5.32. The Hall–Kier alpha value is -3.62. The number of para-hydroxylation sites is 2. The fourth-order valence-corrected chi connectivity index (χ4v) is 4.78. The van der Waals surface area contributed by atoms with E-state index in [1.165, 1.54) is 29.8 Å². The van der Waals surface area contributed by atoms with E-state index in [0.29, 0.717) is 0 Å².